The normalized spacial score (nSPS) is 21.6. The maximum Gasteiger partial charge on any atom is 0.119 e. The Hall–Kier alpha value is -2.74. The maximum atomic E-state index is 9.96. The first-order valence-corrected chi connectivity index (χ1v) is 10.4. The van der Waals surface area contributed by atoms with Crippen LogP contribution in [-0.4, -0.2) is 11.2 Å². The summed E-state index contributed by atoms with van der Waals surface area (Å²) < 4.78 is 6.06. The second kappa shape index (κ2) is 7.35. The third kappa shape index (κ3) is 3.28. The molecule has 28 heavy (non-hydrogen) atoms. The summed E-state index contributed by atoms with van der Waals surface area (Å²) in [7, 11) is 0. The number of phenols is 1. The minimum absolute atomic E-state index is 0.296. The molecule has 0 spiro atoms. The lowest BCUT2D eigenvalue weighted by Gasteiger charge is -2.35. The van der Waals surface area contributed by atoms with Gasteiger partial charge in [0, 0.05) is 5.92 Å². The minimum atomic E-state index is 0.296. The first-order chi connectivity index (χ1) is 13.8. The van der Waals surface area contributed by atoms with Crippen LogP contribution in [0.3, 0.4) is 0 Å². The van der Waals surface area contributed by atoms with Gasteiger partial charge in [0.15, 0.2) is 0 Å². The molecule has 0 bridgehead atoms. The number of phenolic OH excluding ortho intramolecular Hbond substituents is 1. The van der Waals surface area contributed by atoms with Crippen LogP contribution in [0.15, 0.2) is 72.8 Å². The van der Waals surface area contributed by atoms with Crippen LogP contribution in [0.5, 0.6) is 11.5 Å². The number of rotatable bonds is 4. The zero-order valence-corrected chi connectivity index (χ0v) is 16.1. The van der Waals surface area contributed by atoms with Crippen LogP contribution in [0.4, 0.5) is 0 Å². The van der Waals surface area contributed by atoms with E-state index in [1.807, 2.05) is 12.1 Å². The van der Waals surface area contributed by atoms with E-state index >= 15 is 0 Å². The van der Waals surface area contributed by atoms with Gasteiger partial charge >= 0.3 is 0 Å². The number of aromatic hydroxyl groups is 1. The van der Waals surface area contributed by atoms with E-state index in [-0.39, 0.29) is 0 Å². The molecule has 0 radical (unpaired) electrons. The molecule has 0 amide bonds. The number of aryl methyl sites for hydroxylation is 1. The van der Waals surface area contributed by atoms with Gasteiger partial charge in [-0.25, -0.2) is 0 Å². The molecule has 142 valence electrons. The van der Waals surface area contributed by atoms with Crippen LogP contribution in [-0.2, 0) is 6.42 Å². The molecule has 5 rings (SSSR count). The van der Waals surface area contributed by atoms with Gasteiger partial charge in [0.25, 0.3) is 0 Å². The van der Waals surface area contributed by atoms with Crippen LogP contribution in [0, 0.1) is 0 Å². The molecule has 1 N–H and O–H groups in total. The molecule has 1 unspecified atom stereocenters. The van der Waals surface area contributed by atoms with Gasteiger partial charge in [0.2, 0.25) is 0 Å². The first kappa shape index (κ1) is 17.4. The summed E-state index contributed by atoms with van der Waals surface area (Å²) in [6.07, 6.45) is 6.14. The van der Waals surface area contributed by atoms with Crippen molar-refractivity contribution >= 4 is 0 Å². The lowest BCUT2D eigenvalue weighted by atomic mass is 9.69. The summed E-state index contributed by atoms with van der Waals surface area (Å²) in [4.78, 5) is 0. The lowest BCUT2D eigenvalue weighted by molar-refractivity contribution is 0.120. The highest BCUT2D eigenvalue weighted by atomic mass is 16.5. The van der Waals surface area contributed by atoms with Crippen molar-refractivity contribution in [3.8, 4) is 11.5 Å². The molecule has 1 saturated carbocycles. The predicted octanol–water partition coefficient (Wildman–Crippen LogP) is 6.19. The fourth-order valence-corrected chi connectivity index (χ4v) is 4.71. The van der Waals surface area contributed by atoms with Gasteiger partial charge < -0.3 is 9.84 Å². The fraction of sp³-hybridized carbons (Fsp3) is 0.308. The van der Waals surface area contributed by atoms with E-state index in [1.165, 1.54) is 41.5 Å². The van der Waals surface area contributed by atoms with E-state index in [1.54, 1.807) is 0 Å². The van der Waals surface area contributed by atoms with Gasteiger partial charge in [0.05, 0.1) is 6.10 Å². The fourth-order valence-electron chi connectivity index (χ4n) is 4.71. The average Bonchev–Trinajstić information content (AvgIpc) is 2.71. The Morgan fingerprint density at radius 3 is 2.29 bits per heavy atom. The SMILES string of the molecule is Oc1ccc2c(c1)CCC(c1ccccc1)[C@@H]2c1ccc(OC2CCC2)cc1. The van der Waals surface area contributed by atoms with Crippen LogP contribution in [0.1, 0.15) is 59.8 Å². The molecule has 3 aromatic carbocycles. The molecule has 0 aliphatic heterocycles. The van der Waals surface area contributed by atoms with Gasteiger partial charge in [0.1, 0.15) is 11.5 Å². The molecule has 3 aromatic rings. The quantitative estimate of drug-likeness (QED) is 0.594. The van der Waals surface area contributed by atoms with Crippen molar-refractivity contribution in [2.24, 2.45) is 0 Å². The first-order valence-electron chi connectivity index (χ1n) is 10.4. The molecule has 0 saturated heterocycles. The van der Waals surface area contributed by atoms with Crippen molar-refractivity contribution in [3.05, 3.63) is 95.1 Å². The molecule has 2 aliphatic carbocycles. The summed E-state index contributed by atoms with van der Waals surface area (Å²) in [5.41, 5.74) is 5.32. The molecule has 2 aliphatic rings. The second-order valence-corrected chi connectivity index (χ2v) is 8.16. The molecule has 2 nitrogen and oxygen atoms in total. The van der Waals surface area contributed by atoms with Gasteiger partial charge in [-0.05, 0) is 84.5 Å². The summed E-state index contributed by atoms with van der Waals surface area (Å²) >= 11 is 0. The Morgan fingerprint density at radius 1 is 0.786 bits per heavy atom. The second-order valence-electron chi connectivity index (χ2n) is 8.16. The molecule has 2 heteroatoms. The smallest absolute Gasteiger partial charge is 0.119 e. The van der Waals surface area contributed by atoms with Crippen molar-refractivity contribution < 1.29 is 9.84 Å². The Labute approximate surface area is 166 Å². The molecule has 2 atom stereocenters. The summed E-state index contributed by atoms with van der Waals surface area (Å²) in [5, 5.41) is 9.96. The van der Waals surface area contributed by atoms with E-state index in [2.05, 4.69) is 60.7 Å². The highest BCUT2D eigenvalue weighted by molar-refractivity contribution is 5.48. The molecule has 0 heterocycles. The number of hydrogen-bond donors (Lipinski definition) is 1. The largest absolute Gasteiger partial charge is 0.508 e. The standard InChI is InChI=1S/C26H26O2/c27-21-12-16-25-20(17-21)11-15-24(18-5-2-1-3-6-18)26(25)19-9-13-23(14-10-19)28-22-7-4-8-22/h1-3,5-6,9-10,12-14,16-17,22,24,26-27H,4,7-8,11,15H2/t24?,26-/m0/s1. The zero-order chi connectivity index (χ0) is 18.9. The van der Waals surface area contributed by atoms with Gasteiger partial charge in [-0.2, -0.15) is 0 Å². The Morgan fingerprint density at radius 2 is 1.57 bits per heavy atom. The minimum Gasteiger partial charge on any atom is -0.508 e. The van der Waals surface area contributed by atoms with E-state index < -0.39 is 0 Å². The Kier molecular flexibility index (Phi) is 4.56. The molecule has 0 aromatic heterocycles. The third-order valence-corrected chi connectivity index (χ3v) is 6.41. The molecular formula is C26H26O2. The Bertz CT molecular complexity index is 942. The van der Waals surface area contributed by atoms with Crippen molar-refractivity contribution in [1.82, 2.24) is 0 Å². The topological polar surface area (TPSA) is 29.5 Å². The monoisotopic (exact) mass is 370 g/mol. The highest BCUT2D eigenvalue weighted by Gasteiger charge is 2.32. The number of ether oxygens (including phenoxy) is 1. The zero-order valence-electron chi connectivity index (χ0n) is 16.1. The van der Waals surface area contributed by atoms with E-state index in [0.717, 1.165) is 18.6 Å². The van der Waals surface area contributed by atoms with Crippen molar-refractivity contribution in [3.63, 3.8) is 0 Å². The van der Waals surface area contributed by atoms with Crippen molar-refractivity contribution in [2.45, 2.75) is 50.0 Å². The average molecular weight is 370 g/mol. The summed E-state index contributed by atoms with van der Waals surface area (Å²) in [6, 6.07) is 25.5. The van der Waals surface area contributed by atoms with E-state index in [9.17, 15) is 5.11 Å². The van der Waals surface area contributed by atoms with E-state index in [0.29, 0.717) is 23.7 Å². The summed E-state index contributed by atoms with van der Waals surface area (Å²) in [5.74, 6) is 2.08. The lowest BCUT2D eigenvalue weighted by Crippen LogP contribution is -2.24. The molecule has 1 fully saturated rings. The van der Waals surface area contributed by atoms with Gasteiger partial charge in [-0.3, -0.25) is 0 Å². The van der Waals surface area contributed by atoms with Crippen LogP contribution in [0.2, 0.25) is 0 Å². The van der Waals surface area contributed by atoms with Crippen molar-refractivity contribution in [1.29, 1.82) is 0 Å². The summed E-state index contributed by atoms with van der Waals surface area (Å²) in [6.45, 7) is 0. The van der Waals surface area contributed by atoms with Crippen LogP contribution >= 0.6 is 0 Å². The van der Waals surface area contributed by atoms with E-state index in [4.69, 9.17) is 4.74 Å². The maximum absolute atomic E-state index is 9.96. The Balaban J connectivity index is 1.52. The number of hydrogen-bond acceptors (Lipinski definition) is 2. The van der Waals surface area contributed by atoms with Gasteiger partial charge in [-0.15, -0.1) is 0 Å². The van der Waals surface area contributed by atoms with Crippen LogP contribution < -0.4 is 4.74 Å². The number of fused-ring (bicyclic) bond motifs is 1. The highest BCUT2D eigenvalue weighted by Crippen LogP contribution is 2.47. The third-order valence-electron chi connectivity index (χ3n) is 6.41. The number of benzene rings is 3. The molecular weight excluding hydrogens is 344 g/mol. The van der Waals surface area contributed by atoms with Gasteiger partial charge in [-0.1, -0.05) is 48.5 Å². The van der Waals surface area contributed by atoms with Crippen LogP contribution in [0.25, 0.3) is 0 Å². The predicted molar refractivity (Wildman–Crippen MR) is 112 cm³/mol. The van der Waals surface area contributed by atoms with Crippen molar-refractivity contribution in [2.75, 3.05) is 0 Å².